The molecular formula is C23H16BrClN2O4. The first-order valence-electron chi connectivity index (χ1n) is 9.27. The molecule has 0 aliphatic heterocycles. The summed E-state index contributed by atoms with van der Waals surface area (Å²) < 4.78 is 8.14. The third-order valence-electron chi connectivity index (χ3n) is 4.89. The number of halogens is 2. The molecule has 0 atom stereocenters. The molecule has 4 aromatic rings. The molecule has 0 aliphatic rings. The van der Waals surface area contributed by atoms with E-state index in [9.17, 15) is 14.4 Å². The molecule has 0 bridgehead atoms. The molecule has 156 valence electrons. The summed E-state index contributed by atoms with van der Waals surface area (Å²) >= 11 is 9.44. The van der Waals surface area contributed by atoms with Crippen LogP contribution in [0.1, 0.15) is 10.4 Å². The minimum absolute atomic E-state index is 0.232. The fourth-order valence-corrected chi connectivity index (χ4v) is 3.90. The predicted molar refractivity (Wildman–Crippen MR) is 124 cm³/mol. The average molecular weight is 500 g/mol. The fourth-order valence-electron chi connectivity index (χ4n) is 3.35. The van der Waals surface area contributed by atoms with Crippen LogP contribution in [0.3, 0.4) is 0 Å². The van der Waals surface area contributed by atoms with Crippen molar-refractivity contribution in [2.24, 2.45) is 0 Å². The number of ketones is 1. The van der Waals surface area contributed by atoms with Gasteiger partial charge in [-0.3, -0.25) is 14.2 Å². The van der Waals surface area contributed by atoms with Crippen LogP contribution in [0, 0.1) is 0 Å². The zero-order valence-corrected chi connectivity index (χ0v) is 18.7. The van der Waals surface area contributed by atoms with E-state index in [0.29, 0.717) is 37.4 Å². The molecule has 0 N–H and O–H groups in total. The van der Waals surface area contributed by atoms with Gasteiger partial charge in [0.05, 0.1) is 30.2 Å². The first-order valence-corrected chi connectivity index (χ1v) is 10.4. The molecule has 31 heavy (non-hydrogen) atoms. The topological polar surface area (TPSA) is 70.3 Å². The Kier molecular flexibility index (Phi) is 5.80. The summed E-state index contributed by atoms with van der Waals surface area (Å²) in [5.41, 5.74) is 0.0208. The highest BCUT2D eigenvalue weighted by Gasteiger charge is 2.18. The molecule has 0 amide bonds. The fraction of sp³-hybridized carbons (Fsp3) is 0.0870. The molecule has 0 saturated carbocycles. The molecule has 0 aliphatic carbocycles. The van der Waals surface area contributed by atoms with Gasteiger partial charge in [0.25, 0.3) is 5.56 Å². The standard InChI is InChI=1S/C23H16BrClN2O4/c1-31-18-8-5-14(6-9-18)21(28)13-26-20-10-7-15(24)11-19(20)22(29)27(23(26)30)17-4-2-3-16(25)12-17/h2-12H,13H2,1H3. The SMILES string of the molecule is COc1ccc(C(=O)Cn2c(=O)n(-c3cccc(Cl)c3)c(=O)c3cc(Br)ccc32)cc1. The van der Waals surface area contributed by atoms with Gasteiger partial charge in [-0.2, -0.15) is 0 Å². The first kappa shape index (κ1) is 21.1. The third-order valence-corrected chi connectivity index (χ3v) is 5.61. The first-order chi connectivity index (χ1) is 14.9. The molecule has 0 radical (unpaired) electrons. The van der Waals surface area contributed by atoms with Gasteiger partial charge in [-0.15, -0.1) is 0 Å². The number of carbonyl (C=O) groups is 1. The van der Waals surface area contributed by atoms with Gasteiger partial charge in [0.1, 0.15) is 5.75 Å². The van der Waals surface area contributed by atoms with E-state index < -0.39 is 11.2 Å². The van der Waals surface area contributed by atoms with Crippen LogP contribution in [0.4, 0.5) is 0 Å². The van der Waals surface area contributed by atoms with Crippen molar-refractivity contribution in [1.29, 1.82) is 0 Å². The van der Waals surface area contributed by atoms with E-state index in [1.54, 1.807) is 67.8 Å². The Bertz CT molecular complexity index is 1420. The van der Waals surface area contributed by atoms with Crippen molar-refractivity contribution in [2.75, 3.05) is 7.11 Å². The molecule has 4 rings (SSSR count). The Morgan fingerprint density at radius 1 is 1.03 bits per heavy atom. The van der Waals surface area contributed by atoms with E-state index in [0.717, 1.165) is 4.57 Å². The number of nitrogens with zero attached hydrogens (tertiary/aromatic N) is 2. The number of fused-ring (bicyclic) bond motifs is 1. The van der Waals surface area contributed by atoms with Crippen molar-refractivity contribution in [1.82, 2.24) is 9.13 Å². The Labute approximate surface area is 190 Å². The highest BCUT2D eigenvalue weighted by molar-refractivity contribution is 9.10. The number of aromatic nitrogens is 2. The predicted octanol–water partition coefficient (Wildman–Crippen LogP) is 4.46. The number of hydrogen-bond donors (Lipinski definition) is 0. The van der Waals surface area contributed by atoms with Gasteiger partial charge < -0.3 is 4.74 Å². The molecular weight excluding hydrogens is 484 g/mol. The smallest absolute Gasteiger partial charge is 0.336 e. The number of carbonyl (C=O) groups excluding carboxylic acids is 1. The second kappa shape index (κ2) is 8.53. The van der Waals surface area contributed by atoms with Gasteiger partial charge in [-0.1, -0.05) is 33.6 Å². The molecule has 0 spiro atoms. The Morgan fingerprint density at radius 3 is 2.45 bits per heavy atom. The molecule has 1 heterocycles. The summed E-state index contributed by atoms with van der Waals surface area (Å²) in [6.45, 7) is -0.232. The maximum Gasteiger partial charge on any atom is 0.336 e. The molecule has 1 aromatic heterocycles. The largest absolute Gasteiger partial charge is 0.497 e. The summed E-state index contributed by atoms with van der Waals surface area (Å²) in [4.78, 5) is 39.5. The van der Waals surface area contributed by atoms with Crippen molar-refractivity contribution in [3.8, 4) is 11.4 Å². The van der Waals surface area contributed by atoms with Crippen LogP contribution < -0.4 is 16.0 Å². The minimum atomic E-state index is -0.621. The van der Waals surface area contributed by atoms with E-state index >= 15 is 0 Å². The molecule has 0 fully saturated rings. The van der Waals surface area contributed by atoms with Gasteiger partial charge in [0.2, 0.25) is 0 Å². The van der Waals surface area contributed by atoms with Gasteiger partial charge >= 0.3 is 5.69 Å². The van der Waals surface area contributed by atoms with Crippen molar-refractivity contribution >= 4 is 44.2 Å². The summed E-state index contributed by atoms with van der Waals surface area (Å²) in [7, 11) is 1.54. The summed E-state index contributed by atoms with van der Waals surface area (Å²) in [6.07, 6.45) is 0. The highest BCUT2D eigenvalue weighted by atomic mass is 79.9. The zero-order chi connectivity index (χ0) is 22.1. The zero-order valence-electron chi connectivity index (χ0n) is 16.3. The number of methoxy groups -OCH3 is 1. The van der Waals surface area contributed by atoms with Crippen molar-refractivity contribution in [3.05, 3.63) is 103 Å². The van der Waals surface area contributed by atoms with E-state index in [1.165, 1.54) is 10.6 Å². The van der Waals surface area contributed by atoms with Crippen molar-refractivity contribution in [2.45, 2.75) is 6.54 Å². The van der Waals surface area contributed by atoms with Crippen LogP contribution in [0.15, 0.2) is 80.8 Å². The van der Waals surface area contributed by atoms with Crippen molar-refractivity contribution in [3.63, 3.8) is 0 Å². The Hall–Kier alpha value is -3.16. The van der Waals surface area contributed by atoms with Crippen LogP contribution >= 0.6 is 27.5 Å². The lowest BCUT2D eigenvalue weighted by Gasteiger charge is -2.14. The average Bonchev–Trinajstić information content (AvgIpc) is 2.77. The van der Waals surface area contributed by atoms with Crippen molar-refractivity contribution < 1.29 is 9.53 Å². The van der Waals surface area contributed by atoms with E-state index in [4.69, 9.17) is 16.3 Å². The van der Waals surface area contributed by atoms with Crippen LogP contribution in [0.5, 0.6) is 5.75 Å². The lowest BCUT2D eigenvalue weighted by atomic mass is 10.1. The number of ether oxygens (including phenoxy) is 1. The van der Waals surface area contributed by atoms with Crippen LogP contribution in [0.2, 0.25) is 5.02 Å². The third kappa shape index (κ3) is 4.06. The normalized spacial score (nSPS) is 10.9. The Balaban J connectivity index is 1.92. The number of rotatable bonds is 5. The highest BCUT2D eigenvalue weighted by Crippen LogP contribution is 2.19. The van der Waals surface area contributed by atoms with Crippen LogP contribution in [0.25, 0.3) is 16.6 Å². The molecule has 0 saturated heterocycles. The summed E-state index contributed by atoms with van der Waals surface area (Å²) in [6, 6.07) is 18.1. The van der Waals surface area contributed by atoms with Crippen LogP contribution in [-0.2, 0) is 6.54 Å². The monoisotopic (exact) mass is 498 g/mol. The summed E-state index contributed by atoms with van der Waals surface area (Å²) in [5.74, 6) is 0.351. The lowest BCUT2D eigenvalue weighted by molar-refractivity contribution is 0.0971. The number of Topliss-reactive ketones (excluding diaryl/α,β-unsaturated/α-hetero) is 1. The second-order valence-corrected chi connectivity index (χ2v) is 8.15. The van der Waals surface area contributed by atoms with Gasteiger partial charge in [-0.25, -0.2) is 9.36 Å². The summed E-state index contributed by atoms with van der Waals surface area (Å²) in [5, 5.41) is 0.690. The van der Waals surface area contributed by atoms with Gasteiger partial charge in [0.15, 0.2) is 5.78 Å². The lowest BCUT2D eigenvalue weighted by Crippen LogP contribution is -2.40. The molecule has 8 heteroatoms. The maximum atomic E-state index is 13.4. The van der Waals surface area contributed by atoms with Gasteiger partial charge in [-0.05, 0) is 60.7 Å². The van der Waals surface area contributed by atoms with Crippen LogP contribution in [-0.4, -0.2) is 22.0 Å². The number of benzene rings is 3. The van der Waals surface area contributed by atoms with E-state index in [1.807, 2.05) is 0 Å². The van der Waals surface area contributed by atoms with E-state index in [-0.39, 0.29) is 12.3 Å². The van der Waals surface area contributed by atoms with Gasteiger partial charge in [0, 0.05) is 15.1 Å². The minimum Gasteiger partial charge on any atom is -0.497 e. The quantitative estimate of drug-likeness (QED) is 0.380. The molecule has 0 unspecified atom stereocenters. The molecule has 6 nitrogen and oxygen atoms in total. The molecule has 3 aromatic carbocycles. The second-order valence-electron chi connectivity index (χ2n) is 6.80. The number of hydrogen-bond acceptors (Lipinski definition) is 4. The Morgan fingerprint density at radius 2 is 1.77 bits per heavy atom. The maximum absolute atomic E-state index is 13.4. The van der Waals surface area contributed by atoms with E-state index in [2.05, 4.69) is 15.9 Å².